The molecule has 0 saturated heterocycles. The summed E-state index contributed by atoms with van der Waals surface area (Å²) < 4.78 is 7.88. The van der Waals surface area contributed by atoms with Crippen LogP contribution in [0, 0.1) is 5.92 Å². The van der Waals surface area contributed by atoms with Gasteiger partial charge in [0.1, 0.15) is 11.6 Å². The van der Waals surface area contributed by atoms with Gasteiger partial charge >= 0.3 is 0 Å². The Balaban J connectivity index is 2.11. The lowest BCUT2D eigenvalue weighted by Gasteiger charge is -2.18. The summed E-state index contributed by atoms with van der Waals surface area (Å²) in [6.45, 7) is 7.11. The predicted molar refractivity (Wildman–Crippen MR) is 82.0 cm³/mol. The topological polar surface area (TPSA) is 39.1 Å². The van der Waals surface area contributed by atoms with Gasteiger partial charge in [0.15, 0.2) is 0 Å². The lowest BCUT2D eigenvalue weighted by Crippen LogP contribution is -2.13. The van der Waals surface area contributed by atoms with Crippen molar-refractivity contribution in [1.82, 2.24) is 9.55 Å². The first-order chi connectivity index (χ1) is 9.58. The SMILES string of the molecule is CC(C)COc1ccccc1NC(C)c1nccn1C. The smallest absolute Gasteiger partial charge is 0.142 e. The zero-order valence-corrected chi connectivity index (χ0v) is 12.6. The largest absolute Gasteiger partial charge is 0.491 e. The number of benzene rings is 1. The minimum atomic E-state index is 0.124. The second kappa shape index (κ2) is 6.46. The van der Waals surface area contributed by atoms with Crippen LogP contribution in [0.5, 0.6) is 5.75 Å². The van der Waals surface area contributed by atoms with E-state index >= 15 is 0 Å². The lowest BCUT2D eigenvalue weighted by atomic mass is 10.2. The van der Waals surface area contributed by atoms with Crippen molar-refractivity contribution in [2.75, 3.05) is 11.9 Å². The molecule has 1 unspecified atom stereocenters. The zero-order valence-electron chi connectivity index (χ0n) is 12.6. The lowest BCUT2D eigenvalue weighted by molar-refractivity contribution is 0.272. The second-order valence-corrected chi connectivity index (χ2v) is 5.46. The minimum Gasteiger partial charge on any atom is -0.491 e. The van der Waals surface area contributed by atoms with E-state index in [1.165, 1.54) is 0 Å². The van der Waals surface area contributed by atoms with Crippen LogP contribution in [0.15, 0.2) is 36.7 Å². The van der Waals surface area contributed by atoms with Crippen molar-refractivity contribution in [2.45, 2.75) is 26.8 Å². The van der Waals surface area contributed by atoms with Crippen molar-refractivity contribution in [3.05, 3.63) is 42.5 Å². The normalized spacial score (nSPS) is 12.4. The summed E-state index contributed by atoms with van der Waals surface area (Å²) in [4.78, 5) is 4.38. The minimum absolute atomic E-state index is 0.124. The van der Waals surface area contributed by atoms with Crippen LogP contribution in [-0.4, -0.2) is 16.2 Å². The average Bonchev–Trinajstić information content (AvgIpc) is 2.84. The van der Waals surface area contributed by atoms with Crippen LogP contribution in [0.25, 0.3) is 0 Å². The van der Waals surface area contributed by atoms with Gasteiger partial charge in [-0.15, -0.1) is 0 Å². The number of nitrogens with one attached hydrogen (secondary N) is 1. The molecule has 0 saturated carbocycles. The summed E-state index contributed by atoms with van der Waals surface area (Å²) in [6, 6.07) is 8.16. The Bertz CT molecular complexity index is 548. The molecule has 108 valence electrons. The van der Waals surface area contributed by atoms with Crippen LogP contribution in [-0.2, 0) is 7.05 Å². The molecule has 0 fully saturated rings. The Kier molecular flexibility index (Phi) is 4.66. The van der Waals surface area contributed by atoms with E-state index in [0.717, 1.165) is 23.9 Å². The first-order valence-electron chi connectivity index (χ1n) is 7.03. The number of hydrogen-bond acceptors (Lipinski definition) is 3. The van der Waals surface area contributed by atoms with Crippen molar-refractivity contribution in [2.24, 2.45) is 13.0 Å². The molecule has 1 atom stereocenters. The van der Waals surface area contributed by atoms with Gasteiger partial charge in [-0.3, -0.25) is 0 Å². The molecule has 4 heteroatoms. The fourth-order valence-electron chi connectivity index (χ4n) is 2.06. The summed E-state index contributed by atoms with van der Waals surface area (Å²) in [5.41, 5.74) is 1.00. The van der Waals surface area contributed by atoms with Gasteiger partial charge in [0.05, 0.1) is 18.3 Å². The molecule has 0 aliphatic carbocycles. The number of nitrogens with zero attached hydrogens (tertiary/aromatic N) is 2. The van der Waals surface area contributed by atoms with Crippen molar-refractivity contribution < 1.29 is 4.74 Å². The van der Waals surface area contributed by atoms with Gasteiger partial charge in [0.25, 0.3) is 0 Å². The third-order valence-electron chi connectivity index (χ3n) is 3.08. The molecule has 20 heavy (non-hydrogen) atoms. The quantitative estimate of drug-likeness (QED) is 0.873. The highest BCUT2D eigenvalue weighted by Crippen LogP contribution is 2.27. The van der Waals surface area contributed by atoms with Crippen molar-refractivity contribution in [1.29, 1.82) is 0 Å². The molecule has 0 spiro atoms. The molecule has 0 radical (unpaired) electrons. The standard InChI is InChI=1S/C16H23N3O/c1-12(2)11-20-15-8-6-5-7-14(15)18-13(3)16-17-9-10-19(16)4/h5-10,12-13,18H,11H2,1-4H3. The van der Waals surface area contributed by atoms with E-state index in [1.807, 2.05) is 48.3 Å². The molecule has 0 bridgehead atoms. The highest BCUT2D eigenvalue weighted by Gasteiger charge is 2.12. The highest BCUT2D eigenvalue weighted by molar-refractivity contribution is 5.56. The fraction of sp³-hybridized carbons (Fsp3) is 0.438. The van der Waals surface area contributed by atoms with Gasteiger partial charge in [0.2, 0.25) is 0 Å². The Morgan fingerprint density at radius 1 is 1.25 bits per heavy atom. The summed E-state index contributed by atoms with van der Waals surface area (Å²) >= 11 is 0. The number of anilines is 1. The fourth-order valence-corrected chi connectivity index (χ4v) is 2.06. The molecule has 2 rings (SSSR count). The molecule has 4 nitrogen and oxygen atoms in total. The van der Waals surface area contributed by atoms with E-state index in [0.29, 0.717) is 5.92 Å². The molecule has 2 aromatic rings. The number of ether oxygens (including phenoxy) is 1. The Labute approximate surface area is 120 Å². The van der Waals surface area contributed by atoms with Crippen molar-refractivity contribution in [3.8, 4) is 5.75 Å². The van der Waals surface area contributed by atoms with E-state index < -0.39 is 0 Å². The molecule has 1 aromatic carbocycles. The van der Waals surface area contributed by atoms with Gasteiger partial charge in [-0.1, -0.05) is 26.0 Å². The van der Waals surface area contributed by atoms with Crippen LogP contribution in [0.4, 0.5) is 5.69 Å². The van der Waals surface area contributed by atoms with Crippen LogP contribution < -0.4 is 10.1 Å². The van der Waals surface area contributed by atoms with E-state index in [4.69, 9.17) is 4.74 Å². The monoisotopic (exact) mass is 273 g/mol. The van der Waals surface area contributed by atoms with Crippen LogP contribution >= 0.6 is 0 Å². The van der Waals surface area contributed by atoms with E-state index in [9.17, 15) is 0 Å². The number of imidazole rings is 1. The number of aryl methyl sites for hydroxylation is 1. The molecule has 1 aromatic heterocycles. The molecule has 1 heterocycles. The summed E-state index contributed by atoms with van der Waals surface area (Å²) in [5.74, 6) is 2.40. The third kappa shape index (κ3) is 3.53. The molecule has 0 aliphatic rings. The van der Waals surface area contributed by atoms with Crippen molar-refractivity contribution >= 4 is 5.69 Å². The van der Waals surface area contributed by atoms with Crippen molar-refractivity contribution in [3.63, 3.8) is 0 Å². The van der Waals surface area contributed by atoms with Crippen LogP contribution in [0.1, 0.15) is 32.6 Å². The predicted octanol–water partition coefficient (Wildman–Crippen LogP) is 3.63. The molecule has 0 aliphatic heterocycles. The van der Waals surface area contributed by atoms with E-state index in [2.05, 4.69) is 31.1 Å². The maximum Gasteiger partial charge on any atom is 0.142 e. The molecule has 0 amide bonds. The van der Waals surface area contributed by atoms with Crippen LogP contribution in [0.3, 0.4) is 0 Å². The summed E-state index contributed by atoms with van der Waals surface area (Å²) in [7, 11) is 2.00. The van der Waals surface area contributed by atoms with Crippen LogP contribution in [0.2, 0.25) is 0 Å². The van der Waals surface area contributed by atoms with Gasteiger partial charge in [-0.05, 0) is 25.0 Å². The number of para-hydroxylation sites is 2. The molecular formula is C16H23N3O. The van der Waals surface area contributed by atoms with Gasteiger partial charge < -0.3 is 14.6 Å². The Morgan fingerprint density at radius 2 is 2.00 bits per heavy atom. The molecular weight excluding hydrogens is 250 g/mol. The van der Waals surface area contributed by atoms with E-state index in [-0.39, 0.29) is 6.04 Å². The number of rotatable bonds is 6. The highest BCUT2D eigenvalue weighted by atomic mass is 16.5. The zero-order chi connectivity index (χ0) is 14.5. The Morgan fingerprint density at radius 3 is 2.65 bits per heavy atom. The second-order valence-electron chi connectivity index (χ2n) is 5.46. The summed E-state index contributed by atoms with van der Waals surface area (Å²) in [6.07, 6.45) is 3.77. The molecule has 1 N–H and O–H groups in total. The third-order valence-corrected chi connectivity index (χ3v) is 3.08. The first-order valence-corrected chi connectivity index (χ1v) is 7.03. The maximum atomic E-state index is 5.86. The van der Waals surface area contributed by atoms with E-state index in [1.54, 1.807) is 0 Å². The summed E-state index contributed by atoms with van der Waals surface area (Å²) in [5, 5.41) is 3.47. The van der Waals surface area contributed by atoms with Gasteiger partial charge in [-0.2, -0.15) is 0 Å². The number of aromatic nitrogens is 2. The maximum absolute atomic E-state index is 5.86. The van der Waals surface area contributed by atoms with Gasteiger partial charge in [0, 0.05) is 19.4 Å². The average molecular weight is 273 g/mol. The Hall–Kier alpha value is -1.97. The van der Waals surface area contributed by atoms with Gasteiger partial charge in [-0.25, -0.2) is 4.98 Å². The number of hydrogen-bond donors (Lipinski definition) is 1. The first kappa shape index (κ1) is 14.4.